The predicted molar refractivity (Wildman–Crippen MR) is 126 cm³/mol. The highest BCUT2D eigenvalue weighted by Crippen LogP contribution is 2.34. The highest BCUT2D eigenvalue weighted by atomic mass is 35.5. The van der Waals surface area contributed by atoms with Crippen LogP contribution in [-0.4, -0.2) is 73.5 Å². The minimum Gasteiger partial charge on any atom is -0.385 e. The molecule has 1 aromatic carbocycles. The molecule has 2 heterocycles. The van der Waals surface area contributed by atoms with E-state index in [1.54, 1.807) is 23.4 Å². The summed E-state index contributed by atoms with van der Waals surface area (Å²) in [5, 5.41) is 10.9. The number of pyridine rings is 1. The second-order valence-corrected chi connectivity index (χ2v) is 11.0. The lowest BCUT2D eigenvalue weighted by atomic mass is 9.85. The number of rotatable bonds is 8. The molecule has 180 valence electrons. The lowest BCUT2D eigenvalue weighted by Crippen LogP contribution is -2.46. The van der Waals surface area contributed by atoms with Gasteiger partial charge < -0.3 is 14.7 Å². The molecule has 1 aliphatic rings. The van der Waals surface area contributed by atoms with Crippen molar-refractivity contribution in [1.82, 2.24) is 14.2 Å². The zero-order valence-electron chi connectivity index (χ0n) is 17.9. The summed E-state index contributed by atoms with van der Waals surface area (Å²) in [5.41, 5.74) is -0.272. The number of likely N-dealkylation sites (N-methyl/N-ethyl adjacent to an activating group) is 1. The molecule has 2 aromatic rings. The van der Waals surface area contributed by atoms with E-state index in [2.05, 4.69) is 4.98 Å². The molecule has 0 aliphatic carbocycles. The first-order valence-corrected chi connectivity index (χ1v) is 12.7. The topological polar surface area (TPSA) is 100 Å². The highest BCUT2D eigenvalue weighted by Gasteiger charge is 2.35. The van der Waals surface area contributed by atoms with E-state index in [-0.39, 0.29) is 45.6 Å². The second kappa shape index (κ2) is 10.9. The summed E-state index contributed by atoms with van der Waals surface area (Å²) in [4.78, 5) is 17.9. The Morgan fingerprint density at radius 3 is 2.45 bits per heavy atom. The number of nitrogens with zero attached hydrogens (tertiary/aromatic N) is 3. The first-order valence-electron chi connectivity index (χ1n) is 10.1. The Morgan fingerprint density at radius 1 is 1.24 bits per heavy atom. The summed E-state index contributed by atoms with van der Waals surface area (Å²) in [6.07, 6.45) is 4.07. The second-order valence-electron chi connectivity index (χ2n) is 7.73. The summed E-state index contributed by atoms with van der Waals surface area (Å²) < 4.78 is 32.0. The minimum atomic E-state index is -3.98. The Morgan fingerprint density at radius 2 is 1.88 bits per heavy atom. The van der Waals surface area contributed by atoms with Crippen molar-refractivity contribution < 1.29 is 23.1 Å². The Hall–Kier alpha value is -1.46. The molecule has 1 amide bonds. The number of carbonyl (C=O) groups excluding carboxylic acids is 1. The molecule has 33 heavy (non-hydrogen) atoms. The van der Waals surface area contributed by atoms with E-state index in [9.17, 15) is 18.3 Å². The lowest BCUT2D eigenvalue weighted by molar-refractivity contribution is -0.140. The molecule has 0 saturated carbocycles. The summed E-state index contributed by atoms with van der Waals surface area (Å²) >= 11 is 17.9. The van der Waals surface area contributed by atoms with E-state index in [1.807, 2.05) is 6.07 Å². The molecule has 0 radical (unpaired) electrons. The van der Waals surface area contributed by atoms with Crippen LogP contribution >= 0.6 is 34.8 Å². The molecule has 0 atom stereocenters. The molecular weight excluding hydrogens is 513 g/mol. The van der Waals surface area contributed by atoms with E-state index < -0.39 is 15.6 Å². The molecule has 0 unspecified atom stereocenters. The molecule has 12 heteroatoms. The van der Waals surface area contributed by atoms with E-state index in [0.717, 1.165) is 9.87 Å². The van der Waals surface area contributed by atoms with Crippen molar-refractivity contribution in [2.75, 3.05) is 39.9 Å². The number of hydrogen-bond acceptors (Lipinski definition) is 6. The van der Waals surface area contributed by atoms with E-state index in [1.165, 1.54) is 19.2 Å². The maximum absolute atomic E-state index is 12.8. The monoisotopic (exact) mass is 535 g/mol. The van der Waals surface area contributed by atoms with Crippen LogP contribution < -0.4 is 0 Å². The maximum Gasteiger partial charge on any atom is 0.248 e. The van der Waals surface area contributed by atoms with Crippen LogP contribution in [0.4, 0.5) is 0 Å². The van der Waals surface area contributed by atoms with Gasteiger partial charge in [-0.25, -0.2) is 8.42 Å². The number of piperidine rings is 1. The molecule has 8 nitrogen and oxygen atoms in total. The van der Waals surface area contributed by atoms with Crippen LogP contribution in [0.5, 0.6) is 0 Å². The Labute approximate surface area is 208 Å². The maximum atomic E-state index is 12.8. The van der Waals surface area contributed by atoms with Crippen LogP contribution in [0, 0.1) is 0 Å². The highest BCUT2D eigenvalue weighted by molar-refractivity contribution is 7.89. The number of carbonyl (C=O) groups is 1. The van der Waals surface area contributed by atoms with Gasteiger partial charge in [0.25, 0.3) is 0 Å². The molecule has 1 aliphatic heterocycles. The van der Waals surface area contributed by atoms with Gasteiger partial charge in [0.15, 0.2) is 0 Å². The fraction of sp³-hybridized carbons (Fsp3) is 0.429. The first-order chi connectivity index (χ1) is 15.5. The molecule has 0 bridgehead atoms. The van der Waals surface area contributed by atoms with E-state index >= 15 is 0 Å². The Kier molecular flexibility index (Phi) is 8.60. The third-order valence-electron chi connectivity index (χ3n) is 5.55. The zero-order chi connectivity index (χ0) is 24.2. The lowest BCUT2D eigenvalue weighted by Gasteiger charge is -2.38. The van der Waals surface area contributed by atoms with Crippen LogP contribution in [0.1, 0.15) is 18.4 Å². The molecular formula is C21H24Cl3N3O5S. The summed E-state index contributed by atoms with van der Waals surface area (Å²) in [7, 11) is -2.61. The first kappa shape index (κ1) is 26.2. The average molecular weight is 537 g/mol. The summed E-state index contributed by atoms with van der Waals surface area (Å²) in [5.74, 6) is -0.225. The number of sulfonamides is 1. The average Bonchev–Trinajstić information content (AvgIpc) is 2.76. The number of likely N-dealkylation sites (tertiary alicyclic amines) is 1. The number of hydrogen-bond donors (Lipinski definition) is 1. The van der Waals surface area contributed by atoms with Gasteiger partial charge in [0.2, 0.25) is 15.9 Å². The van der Waals surface area contributed by atoms with Crippen molar-refractivity contribution in [2.45, 2.75) is 23.3 Å². The zero-order valence-corrected chi connectivity index (χ0v) is 21.0. The number of ether oxygens (including phenoxy) is 1. The SMILES string of the molecule is CN(CCOCC(=O)N1CCC(O)(c2cccnc2)CC1)S(=O)(=O)c1c(Cl)cc(Cl)cc1Cl. The normalized spacial score (nSPS) is 16.2. The van der Waals surface area contributed by atoms with Crippen molar-refractivity contribution >= 4 is 50.7 Å². The van der Waals surface area contributed by atoms with Crippen LogP contribution in [0.2, 0.25) is 15.1 Å². The van der Waals surface area contributed by atoms with Crippen molar-refractivity contribution in [3.05, 3.63) is 57.3 Å². The van der Waals surface area contributed by atoms with Gasteiger partial charge in [-0.2, -0.15) is 4.31 Å². The molecule has 0 spiro atoms. The predicted octanol–water partition coefficient (Wildman–Crippen LogP) is 3.19. The van der Waals surface area contributed by atoms with Gasteiger partial charge in [0.05, 0.1) is 22.3 Å². The van der Waals surface area contributed by atoms with E-state index in [4.69, 9.17) is 39.5 Å². The summed E-state index contributed by atoms with van der Waals surface area (Å²) in [6.45, 7) is 0.565. The van der Waals surface area contributed by atoms with Crippen LogP contribution in [0.15, 0.2) is 41.6 Å². The molecule has 1 aromatic heterocycles. The number of amides is 1. The molecule has 3 rings (SSSR count). The third-order valence-corrected chi connectivity index (χ3v) is 8.55. The van der Waals surface area contributed by atoms with Gasteiger partial charge in [0.1, 0.15) is 11.5 Å². The standard InChI is InChI=1S/C21H24Cl3N3O5S/c1-26(33(30,31)20-17(23)11-16(22)12-18(20)24)9-10-32-14-19(28)27-7-4-21(29,5-8-27)15-3-2-6-25-13-15/h2-3,6,11-13,29H,4-5,7-10,14H2,1H3. The van der Waals surface area contributed by atoms with Crippen molar-refractivity contribution in [2.24, 2.45) is 0 Å². The fourth-order valence-corrected chi connectivity index (χ4v) is 6.19. The number of halogens is 3. The minimum absolute atomic E-state index is 0.00222. The molecule has 1 saturated heterocycles. The number of benzene rings is 1. The Balaban J connectivity index is 1.47. The fourth-order valence-electron chi connectivity index (χ4n) is 3.55. The van der Waals surface area contributed by atoms with Crippen LogP contribution in [0.3, 0.4) is 0 Å². The van der Waals surface area contributed by atoms with Gasteiger partial charge in [-0.1, -0.05) is 40.9 Å². The van der Waals surface area contributed by atoms with Gasteiger partial charge in [-0.15, -0.1) is 0 Å². The van der Waals surface area contributed by atoms with Crippen LogP contribution in [0.25, 0.3) is 0 Å². The van der Waals surface area contributed by atoms with Crippen LogP contribution in [-0.2, 0) is 25.2 Å². The smallest absolute Gasteiger partial charge is 0.248 e. The third kappa shape index (κ3) is 6.16. The molecule has 1 N–H and O–H groups in total. The quantitative estimate of drug-likeness (QED) is 0.520. The largest absolute Gasteiger partial charge is 0.385 e. The Bertz CT molecular complexity index is 1070. The van der Waals surface area contributed by atoms with Crippen molar-refractivity contribution in [3.8, 4) is 0 Å². The van der Waals surface area contributed by atoms with Gasteiger partial charge in [-0.3, -0.25) is 9.78 Å². The molecule has 1 fully saturated rings. The number of aromatic nitrogens is 1. The van der Waals surface area contributed by atoms with Crippen molar-refractivity contribution in [3.63, 3.8) is 0 Å². The van der Waals surface area contributed by atoms with E-state index in [0.29, 0.717) is 25.9 Å². The number of aliphatic hydroxyl groups is 1. The summed E-state index contributed by atoms with van der Waals surface area (Å²) in [6, 6.07) is 6.20. The van der Waals surface area contributed by atoms with Gasteiger partial charge >= 0.3 is 0 Å². The van der Waals surface area contributed by atoms with Gasteiger partial charge in [0, 0.05) is 49.7 Å². The van der Waals surface area contributed by atoms with Crippen molar-refractivity contribution in [1.29, 1.82) is 0 Å². The van der Waals surface area contributed by atoms with Gasteiger partial charge in [-0.05, 0) is 31.0 Å².